The number of ether oxygens (including phenoxy) is 2. The molecule has 0 aliphatic carbocycles. The summed E-state index contributed by atoms with van der Waals surface area (Å²) in [5.74, 6) is 0.650. The topological polar surface area (TPSA) is 99.6 Å². The standard InChI is InChI=1S/C26H24ClN3O4/c1-2-29-26(31)24-23(28)25(34-30-24)19-13-20(27)22(33-16-18-11-7-4-8-12-18)14-21(19)32-15-17-9-5-3-6-10-17/h3-14H,2,15-16,28H2,1H3,(H,29,31). The lowest BCUT2D eigenvalue weighted by molar-refractivity contribution is 0.0947. The van der Waals surface area contributed by atoms with Crippen molar-refractivity contribution in [1.82, 2.24) is 10.5 Å². The first-order valence-corrected chi connectivity index (χ1v) is 11.1. The third-order valence-electron chi connectivity index (χ3n) is 5.03. The quantitative estimate of drug-likeness (QED) is 0.331. The molecule has 0 aliphatic rings. The summed E-state index contributed by atoms with van der Waals surface area (Å²) in [6, 6.07) is 22.8. The van der Waals surface area contributed by atoms with E-state index in [1.54, 1.807) is 19.1 Å². The van der Waals surface area contributed by atoms with Crippen LogP contribution in [0.5, 0.6) is 11.5 Å². The normalized spacial score (nSPS) is 10.6. The number of nitrogens with two attached hydrogens (primary N) is 1. The Morgan fingerprint density at radius 1 is 0.971 bits per heavy atom. The number of hydrogen-bond donors (Lipinski definition) is 2. The molecule has 0 fully saturated rings. The van der Waals surface area contributed by atoms with Crippen LogP contribution in [0, 0.1) is 0 Å². The van der Waals surface area contributed by atoms with Crippen LogP contribution in [0.3, 0.4) is 0 Å². The first-order valence-electron chi connectivity index (χ1n) is 10.8. The highest BCUT2D eigenvalue weighted by Crippen LogP contribution is 2.42. The van der Waals surface area contributed by atoms with Crippen molar-refractivity contribution in [1.29, 1.82) is 0 Å². The van der Waals surface area contributed by atoms with Gasteiger partial charge >= 0.3 is 0 Å². The van der Waals surface area contributed by atoms with E-state index in [9.17, 15) is 4.79 Å². The Bertz CT molecular complexity index is 1260. The smallest absolute Gasteiger partial charge is 0.275 e. The molecular formula is C26H24ClN3O4. The number of anilines is 1. The van der Waals surface area contributed by atoms with Gasteiger partial charge in [-0.05, 0) is 24.1 Å². The van der Waals surface area contributed by atoms with Crippen LogP contribution in [0.4, 0.5) is 5.69 Å². The van der Waals surface area contributed by atoms with E-state index in [-0.39, 0.29) is 17.1 Å². The molecule has 0 atom stereocenters. The number of hydrogen-bond acceptors (Lipinski definition) is 6. The lowest BCUT2D eigenvalue weighted by Gasteiger charge is -2.15. The third kappa shape index (κ3) is 5.32. The second-order valence-electron chi connectivity index (χ2n) is 7.46. The van der Waals surface area contributed by atoms with Crippen LogP contribution >= 0.6 is 11.6 Å². The maximum Gasteiger partial charge on any atom is 0.275 e. The molecule has 0 unspecified atom stereocenters. The van der Waals surface area contributed by atoms with E-state index in [1.807, 2.05) is 60.7 Å². The predicted molar refractivity (Wildman–Crippen MR) is 131 cm³/mol. The molecule has 0 spiro atoms. The molecular weight excluding hydrogens is 454 g/mol. The maximum absolute atomic E-state index is 12.3. The van der Waals surface area contributed by atoms with Crippen LogP contribution in [-0.2, 0) is 13.2 Å². The molecule has 0 bridgehead atoms. The molecule has 3 N–H and O–H groups in total. The Morgan fingerprint density at radius 2 is 1.56 bits per heavy atom. The largest absolute Gasteiger partial charge is 0.488 e. The van der Waals surface area contributed by atoms with Crippen LogP contribution in [0.1, 0.15) is 28.5 Å². The van der Waals surface area contributed by atoms with Crippen LogP contribution in [-0.4, -0.2) is 17.6 Å². The van der Waals surface area contributed by atoms with Crippen molar-refractivity contribution in [2.45, 2.75) is 20.1 Å². The Hall–Kier alpha value is -3.97. The Labute approximate surface area is 202 Å². The van der Waals surface area contributed by atoms with Gasteiger partial charge in [0.05, 0.1) is 10.6 Å². The maximum atomic E-state index is 12.3. The Morgan fingerprint density at radius 3 is 2.15 bits per heavy atom. The van der Waals surface area contributed by atoms with Gasteiger partial charge in [0.2, 0.25) is 0 Å². The zero-order valence-corrected chi connectivity index (χ0v) is 19.3. The highest BCUT2D eigenvalue weighted by Gasteiger charge is 2.24. The fourth-order valence-electron chi connectivity index (χ4n) is 3.31. The number of nitrogens with one attached hydrogen (secondary N) is 1. The number of carbonyl (C=O) groups is 1. The van der Waals surface area contributed by atoms with Crippen molar-refractivity contribution in [2.75, 3.05) is 12.3 Å². The van der Waals surface area contributed by atoms with Crippen molar-refractivity contribution in [3.63, 3.8) is 0 Å². The molecule has 4 rings (SSSR count). The van der Waals surface area contributed by atoms with E-state index in [0.29, 0.717) is 41.8 Å². The van der Waals surface area contributed by atoms with Gasteiger partial charge < -0.3 is 25.0 Å². The fourth-order valence-corrected chi connectivity index (χ4v) is 3.53. The van der Waals surface area contributed by atoms with Gasteiger partial charge in [0.15, 0.2) is 11.5 Å². The van der Waals surface area contributed by atoms with E-state index in [2.05, 4.69) is 10.5 Å². The van der Waals surface area contributed by atoms with Crippen molar-refractivity contribution in [3.8, 4) is 22.8 Å². The molecule has 4 aromatic rings. The number of rotatable bonds is 9. The minimum atomic E-state index is -0.421. The lowest BCUT2D eigenvalue weighted by atomic mass is 10.1. The van der Waals surface area contributed by atoms with Crippen LogP contribution < -0.4 is 20.5 Å². The molecule has 0 radical (unpaired) electrons. The minimum absolute atomic E-state index is 0.00591. The summed E-state index contributed by atoms with van der Waals surface area (Å²) >= 11 is 6.54. The SMILES string of the molecule is CCNC(=O)c1noc(-c2cc(Cl)c(OCc3ccccc3)cc2OCc2ccccc2)c1N. The number of aromatic nitrogens is 1. The number of nitrogen functional groups attached to an aromatic ring is 1. The molecule has 174 valence electrons. The van der Waals surface area contributed by atoms with Crippen molar-refractivity contribution >= 4 is 23.2 Å². The van der Waals surface area contributed by atoms with Gasteiger partial charge in [0, 0.05) is 12.6 Å². The molecule has 0 saturated heterocycles. The molecule has 1 amide bonds. The lowest BCUT2D eigenvalue weighted by Crippen LogP contribution is -2.23. The number of halogens is 1. The highest BCUT2D eigenvalue weighted by molar-refractivity contribution is 6.32. The van der Waals surface area contributed by atoms with Gasteiger partial charge in [-0.1, -0.05) is 77.4 Å². The summed E-state index contributed by atoms with van der Waals surface area (Å²) in [6.07, 6.45) is 0. The van der Waals surface area contributed by atoms with E-state index in [0.717, 1.165) is 11.1 Å². The third-order valence-corrected chi connectivity index (χ3v) is 5.33. The zero-order valence-electron chi connectivity index (χ0n) is 18.6. The van der Waals surface area contributed by atoms with E-state index in [1.165, 1.54) is 0 Å². The van der Waals surface area contributed by atoms with E-state index >= 15 is 0 Å². The molecule has 0 saturated carbocycles. The zero-order chi connectivity index (χ0) is 23.9. The fraction of sp³-hybridized carbons (Fsp3) is 0.154. The highest BCUT2D eigenvalue weighted by atomic mass is 35.5. The molecule has 34 heavy (non-hydrogen) atoms. The summed E-state index contributed by atoms with van der Waals surface area (Å²) in [5.41, 5.74) is 8.77. The average molecular weight is 478 g/mol. The van der Waals surface area contributed by atoms with Gasteiger partial charge in [-0.2, -0.15) is 0 Å². The molecule has 7 nitrogen and oxygen atoms in total. The van der Waals surface area contributed by atoms with Crippen molar-refractivity contribution in [2.24, 2.45) is 0 Å². The summed E-state index contributed by atoms with van der Waals surface area (Å²) in [4.78, 5) is 12.3. The van der Waals surface area contributed by atoms with Gasteiger partial charge in [-0.25, -0.2) is 0 Å². The number of amides is 1. The van der Waals surface area contributed by atoms with Gasteiger partial charge in [-0.15, -0.1) is 0 Å². The van der Waals surface area contributed by atoms with E-state index < -0.39 is 5.91 Å². The molecule has 0 aliphatic heterocycles. The Kier molecular flexibility index (Phi) is 7.34. The van der Waals surface area contributed by atoms with E-state index in [4.69, 9.17) is 31.3 Å². The number of carbonyl (C=O) groups excluding carboxylic acids is 1. The van der Waals surface area contributed by atoms with Gasteiger partial charge in [0.25, 0.3) is 5.91 Å². The summed E-state index contributed by atoms with van der Waals surface area (Å²) in [7, 11) is 0. The summed E-state index contributed by atoms with van der Waals surface area (Å²) < 4.78 is 17.5. The Balaban J connectivity index is 1.68. The van der Waals surface area contributed by atoms with Gasteiger partial charge in [0.1, 0.15) is 30.4 Å². The second-order valence-corrected chi connectivity index (χ2v) is 7.87. The van der Waals surface area contributed by atoms with Crippen molar-refractivity contribution < 1.29 is 18.8 Å². The molecule has 3 aromatic carbocycles. The first kappa shape index (κ1) is 23.2. The number of nitrogens with zero attached hydrogens (tertiary/aromatic N) is 1. The summed E-state index contributed by atoms with van der Waals surface area (Å²) in [5, 5.41) is 6.86. The van der Waals surface area contributed by atoms with Crippen LogP contribution in [0.25, 0.3) is 11.3 Å². The van der Waals surface area contributed by atoms with Crippen LogP contribution in [0.2, 0.25) is 5.02 Å². The average Bonchev–Trinajstić information content (AvgIpc) is 3.25. The molecule has 1 aromatic heterocycles. The minimum Gasteiger partial charge on any atom is -0.488 e. The van der Waals surface area contributed by atoms with Crippen molar-refractivity contribution in [3.05, 3.63) is 94.6 Å². The first-order chi connectivity index (χ1) is 16.6. The summed E-state index contributed by atoms with van der Waals surface area (Å²) in [6.45, 7) is 2.87. The monoisotopic (exact) mass is 477 g/mol. The molecule has 8 heteroatoms. The van der Waals surface area contributed by atoms with Crippen LogP contribution in [0.15, 0.2) is 77.3 Å². The number of benzene rings is 3. The molecule has 1 heterocycles. The van der Waals surface area contributed by atoms with Gasteiger partial charge in [-0.3, -0.25) is 4.79 Å². The second kappa shape index (κ2) is 10.8. The predicted octanol–water partition coefficient (Wildman–Crippen LogP) is 5.48.